The Morgan fingerprint density at radius 2 is 1.93 bits per heavy atom. The number of para-hydroxylation sites is 1. The molecule has 3 aromatic rings. The molecule has 0 aliphatic heterocycles. The van der Waals surface area contributed by atoms with Gasteiger partial charge in [0.1, 0.15) is 5.82 Å². The summed E-state index contributed by atoms with van der Waals surface area (Å²) in [6.07, 6.45) is 0. The van der Waals surface area contributed by atoms with Crippen LogP contribution in [0.4, 0.5) is 10.1 Å². The lowest BCUT2D eigenvalue weighted by atomic mass is 10.2. The third-order valence-electron chi connectivity index (χ3n) is 4.12. The van der Waals surface area contributed by atoms with Crippen LogP contribution in [-0.2, 0) is 11.3 Å². The van der Waals surface area contributed by atoms with Gasteiger partial charge in [0.25, 0.3) is 5.56 Å². The molecule has 0 fully saturated rings. The molecule has 1 amide bonds. The Bertz CT molecular complexity index is 1060. The highest BCUT2D eigenvalue weighted by molar-refractivity contribution is 8.00. The van der Waals surface area contributed by atoms with E-state index in [1.807, 2.05) is 26.0 Å². The van der Waals surface area contributed by atoms with E-state index >= 15 is 0 Å². The summed E-state index contributed by atoms with van der Waals surface area (Å²) in [5.41, 5.74) is 0.885. The Morgan fingerprint density at radius 3 is 2.64 bits per heavy atom. The zero-order chi connectivity index (χ0) is 20.3. The standard InChI is InChI=1S/C21H22FN3O2S/c1-13(2)12-25-20(27)17-9-4-5-10-18(17)24-21(25)28-14(3)19(26)23-16-8-6-7-15(22)11-16/h4-11,13-14H,12H2,1-3H3,(H,23,26)/t14-/m1/s1. The first-order valence-corrected chi connectivity index (χ1v) is 9.96. The average Bonchev–Trinajstić information content (AvgIpc) is 2.64. The highest BCUT2D eigenvalue weighted by Gasteiger charge is 2.20. The van der Waals surface area contributed by atoms with Gasteiger partial charge in [0.05, 0.1) is 16.2 Å². The molecular formula is C21H22FN3O2S. The van der Waals surface area contributed by atoms with E-state index in [9.17, 15) is 14.0 Å². The van der Waals surface area contributed by atoms with Gasteiger partial charge in [0.2, 0.25) is 5.91 Å². The van der Waals surface area contributed by atoms with Gasteiger partial charge in [-0.2, -0.15) is 0 Å². The summed E-state index contributed by atoms with van der Waals surface area (Å²) in [6, 6.07) is 12.9. The van der Waals surface area contributed by atoms with Crippen molar-refractivity contribution in [2.45, 2.75) is 37.7 Å². The van der Waals surface area contributed by atoms with Crippen LogP contribution < -0.4 is 10.9 Å². The Morgan fingerprint density at radius 1 is 1.18 bits per heavy atom. The molecule has 1 aromatic heterocycles. The van der Waals surface area contributed by atoms with E-state index in [4.69, 9.17) is 0 Å². The summed E-state index contributed by atoms with van der Waals surface area (Å²) in [7, 11) is 0. The zero-order valence-electron chi connectivity index (χ0n) is 16.0. The minimum Gasteiger partial charge on any atom is -0.325 e. The van der Waals surface area contributed by atoms with Crippen LogP contribution in [0.15, 0.2) is 58.5 Å². The van der Waals surface area contributed by atoms with Crippen LogP contribution in [0.2, 0.25) is 0 Å². The summed E-state index contributed by atoms with van der Waals surface area (Å²) in [5.74, 6) is -0.453. The van der Waals surface area contributed by atoms with Gasteiger partial charge in [-0.05, 0) is 43.2 Å². The molecule has 7 heteroatoms. The molecule has 0 radical (unpaired) electrons. The third kappa shape index (κ3) is 4.59. The van der Waals surface area contributed by atoms with Crippen LogP contribution in [0.25, 0.3) is 10.9 Å². The van der Waals surface area contributed by atoms with E-state index in [0.717, 1.165) is 0 Å². The molecule has 0 saturated heterocycles. The fraction of sp³-hybridized carbons (Fsp3) is 0.286. The van der Waals surface area contributed by atoms with Crippen LogP contribution in [0, 0.1) is 11.7 Å². The van der Waals surface area contributed by atoms with Crippen molar-refractivity contribution in [3.05, 3.63) is 64.7 Å². The first-order valence-electron chi connectivity index (χ1n) is 9.08. The Labute approximate surface area is 167 Å². The highest BCUT2D eigenvalue weighted by Crippen LogP contribution is 2.24. The van der Waals surface area contributed by atoms with Gasteiger partial charge in [-0.3, -0.25) is 14.2 Å². The molecule has 0 saturated carbocycles. The van der Waals surface area contributed by atoms with Gasteiger partial charge in [-0.1, -0.05) is 43.8 Å². The number of carbonyl (C=O) groups is 1. The van der Waals surface area contributed by atoms with E-state index < -0.39 is 11.1 Å². The number of benzene rings is 2. The molecule has 0 aliphatic carbocycles. The Hall–Kier alpha value is -2.67. The minimum atomic E-state index is -0.519. The summed E-state index contributed by atoms with van der Waals surface area (Å²) < 4.78 is 15.0. The van der Waals surface area contributed by atoms with E-state index in [-0.39, 0.29) is 17.4 Å². The molecule has 0 bridgehead atoms. The predicted octanol–water partition coefficient (Wildman–Crippen LogP) is 4.31. The normalized spacial score (nSPS) is 12.3. The van der Waals surface area contributed by atoms with Gasteiger partial charge < -0.3 is 5.32 Å². The number of halogens is 1. The fourth-order valence-corrected chi connectivity index (χ4v) is 3.70. The molecule has 1 atom stereocenters. The number of thioether (sulfide) groups is 1. The van der Waals surface area contributed by atoms with Crippen LogP contribution >= 0.6 is 11.8 Å². The number of carbonyl (C=O) groups excluding carboxylic acids is 1. The summed E-state index contributed by atoms with van der Waals surface area (Å²) in [4.78, 5) is 30.1. The van der Waals surface area contributed by atoms with Crippen LogP contribution in [0.3, 0.4) is 0 Å². The van der Waals surface area contributed by atoms with Gasteiger partial charge in [-0.15, -0.1) is 0 Å². The number of hydrogen-bond acceptors (Lipinski definition) is 4. The lowest BCUT2D eigenvalue weighted by molar-refractivity contribution is -0.115. The smallest absolute Gasteiger partial charge is 0.262 e. The largest absolute Gasteiger partial charge is 0.325 e. The Kier molecular flexibility index (Phi) is 6.14. The van der Waals surface area contributed by atoms with Gasteiger partial charge >= 0.3 is 0 Å². The van der Waals surface area contributed by atoms with E-state index in [1.165, 1.54) is 30.0 Å². The lowest BCUT2D eigenvalue weighted by Crippen LogP contribution is -2.28. The first-order chi connectivity index (χ1) is 13.3. The number of rotatable bonds is 6. The van der Waals surface area contributed by atoms with Crippen molar-refractivity contribution in [3.8, 4) is 0 Å². The van der Waals surface area contributed by atoms with E-state index in [2.05, 4.69) is 10.3 Å². The van der Waals surface area contributed by atoms with Crippen LogP contribution in [-0.4, -0.2) is 20.7 Å². The van der Waals surface area contributed by atoms with E-state index in [1.54, 1.807) is 29.7 Å². The lowest BCUT2D eigenvalue weighted by Gasteiger charge is -2.17. The number of anilines is 1. The molecule has 0 unspecified atom stereocenters. The highest BCUT2D eigenvalue weighted by atomic mass is 32.2. The van der Waals surface area contributed by atoms with Crippen molar-refractivity contribution < 1.29 is 9.18 Å². The zero-order valence-corrected chi connectivity index (χ0v) is 16.8. The van der Waals surface area contributed by atoms with Crippen LogP contribution in [0.1, 0.15) is 20.8 Å². The van der Waals surface area contributed by atoms with E-state index in [0.29, 0.717) is 28.3 Å². The molecule has 0 aliphatic rings. The van der Waals surface area contributed by atoms with Crippen molar-refractivity contribution in [2.75, 3.05) is 5.32 Å². The van der Waals surface area contributed by atoms with Gasteiger partial charge in [-0.25, -0.2) is 9.37 Å². The van der Waals surface area contributed by atoms with Gasteiger partial charge in [0.15, 0.2) is 5.16 Å². The number of amides is 1. The predicted molar refractivity (Wildman–Crippen MR) is 111 cm³/mol. The average molecular weight is 399 g/mol. The van der Waals surface area contributed by atoms with Crippen LogP contribution in [0.5, 0.6) is 0 Å². The minimum absolute atomic E-state index is 0.112. The maximum Gasteiger partial charge on any atom is 0.262 e. The number of nitrogens with one attached hydrogen (secondary N) is 1. The van der Waals surface area contributed by atoms with Crippen molar-refractivity contribution >= 4 is 34.3 Å². The topological polar surface area (TPSA) is 64.0 Å². The maximum absolute atomic E-state index is 13.3. The summed E-state index contributed by atoms with van der Waals surface area (Å²) in [5, 5.41) is 3.24. The maximum atomic E-state index is 13.3. The summed E-state index contributed by atoms with van der Waals surface area (Å²) in [6.45, 7) is 6.30. The Balaban J connectivity index is 1.89. The van der Waals surface area contributed by atoms with Crippen molar-refractivity contribution in [2.24, 2.45) is 5.92 Å². The summed E-state index contributed by atoms with van der Waals surface area (Å²) >= 11 is 1.22. The second kappa shape index (κ2) is 8.56. The number of aromatic nitrogens is 2. The molecule has 5 nitrogen and oxygen atoms in total. The molecular weight excluding hydrogens is 377 g/mol. The quantitative estimate of drug-likeness (QED) is 0.496. The third-order valence-corrected chi connectivity index (χ3v) is 5.21. The van der Waals surface area contributed by atoms with Crippen molar-refractivity contribution in [1.82, 2.24) is 9.55 Å². The number of hydrogen-bond donors (Lipinski definition) is 1. The monoisotopic (exact) mass is 399 g/mol. The molecule has 1 N–H and O–H groups in total. The van der Waals surface area contributed by atoms with Gasteiger partial charge in [0, 0.05) is 12.2 Å². The molecule has 0 spiro atoms. The number of nitrogens with zero attached hydrogens (tertiary/aromatic N) is 2. The molecule has 1 heterocycles. The SMILES string of the molecule is CC(C)Cn1c(S[C@H](C)C(=O)Nc2cccc(F)c2)nc2ccccc2c1=O. The molecule has 146 valence electrons. The number of fused-ring (bicyclic) bond motifs is 1. The molecule has 28 heavy (non-hydrogen) atoms. The first kappa shape index (κ1) is 20.1. The molecule has 3 rings (SSSR count). The fourth-order valence-electron chi connectivity index (χ4n) is 2.79. The second-order valence-electron chi connectivity index (χ2n) is 6.98. The molecule has 2 aromatic carbocycles. The second-order valence-corrected chi connectivity index (χ2v) is 8.29. The van der Waals surface area contributed by atoms with Crippen molar-refractivity contribution in [1.29, 1.82) is 0 Å². The van der Waals surface area contributed by atoms with Crippen molar-refractivity contribution in [3.63, 3.8) is 0 Å².